The highest BCUT2D eigenvalue weighted by atomic mass is 32.2. The molecule has 29 heavy (non-hydrogen) atoms. The molecule has 0 saturated heterocycles. The Kier molecular flexibility index (Phi) is 5.01. The first-order valence-corrected chi connectivity index (χ1v) is 11.5. The third-order valence-electron chi connectivity index (χ3n) is 4.36. The van der Waals surface area contributed by atoms with Gasteiger partial charge in [-0.05, 0) is 18.2 Å². The second kappa shape index (κ2) is 7.49. The van der Waals surface area contributed by atoms with Crippen molar-refractivity contribution in [2.24, 2.45) is 4.99 Å². The van der Waals surface area contributed by atoms with Gasteiger partial charge in [-0.1, -0.05) is 23.5 Å². The molecule has 0 bridgehead atoms. The van der Waals surface area contributed by atoms with Crippen molar-refractivity contribution in [1.29, 1.82) is 0 Å². The van der Waals surface area contributed by atoms with Crippen LogP contribution in [0, 0.1) is 0 Å². The second-order valence-electron chi connectivity index (χ2n) is 6.46. The average molecular weight is 431 g/mol. The van der Waals surface area contributed by atoms with Crippen LogP contribution in [-0.4, -0.2) is 38.4 Å². The smallest absolute Gasteiger partial charge is 0.279 e. The predicted molar refractivity (Wildman–Crippen MR) is 110 cm³/mol. The number of thiazole rings is 1. The minimum atomic E-state index is -3.42. The van der Waals surface area contributed by atoms with Gasteiger partial charge in [0.05, 0.1) is 15.1 Å². The summed E-state index contributed by atoms with van der Waals surface area (Å²) in [6.45, 7) is 5.21. The van der Waals surface area contributed by atoms with E-state index >= 15 is 0 Å². The van der Waals surface area contributed by atoms with Crippen molar-refractivity contribution < 1.29 is 22.7 Å². The van der Waals surface area contributed by atoms with Gasteiger partial charge in [0.25, 0.3) is 5.91 Å². The summed E-state index contributed by atoms with van der Waals surface area (Å²) in [5.74, 6) is 0.796. The molecule has 0 radical (unpaired) electrons. The number of hydrogen-bond donors (Lipinski definition) is 0. The van der Waals surface area contributed by atoms with E-state index in [0.29, 0.717) is 36.1 Å². The molecule has 0 aliphatic carbocycles. The lowest BCUT2D eigenvalue weighted by Gasteiger charge is -2.18. The van der Waals surface area contributed by atoms with Crippen LogP contribution in [-0.2, 0) is 16.4 Å². The molecule has 2 aromatic carbocycles. The quantitative estimate of drug-likeness (QED) is 0.594. The highest BCUT2D eigenvalue weighted by Gasteiger charge is 2.17. The second-order valence-corrected chi connectivity index (χ2v) is 9.49. The number of nitrogens with zero attached hydrogens (tertiary/aromatic N) is 2. The van der Waals surface area contributed by atoms with E-state index in [-0.39, 0.29) is 10.5 Å². The molecular formula is C20H18N2O5S2. The number of benzene rings is 2. The molecule has 3 aromatic rings. The van der Waals surface area contributed by atoms with Crippen LogP contribution >= 0.6 is 11.3 Å². The maximum absolute atomic E-state index is 12.7. The van der Waals surface area contributed by atoms with E-state index in [1.54, 1.807) is 12.1 Å². The lowest BCUT2D eigenvalue weighted by atomic mass is 10.2. The molecule has 1 aliphatic rings. The number of rotatable bonds is 4. The zero-order valence-electron chi connectivity index (χ0n) is 15.6. The van der Waals surface area contributed by atoms with Gasteiger partial charge < -0.3 is 14.0 Å². The summed E-state index contributed by atoms with van der Waals surface area (Å²) < 4.78 is 37.6. The van der Waals surface area contributed by atoms with E-state index in [0.717, 1.165) is 16.5 Å². The molecule has 7 nitrogen and oxygen atoms in total. The maximum atomic E-state index is 12.7. The van der Waals surface area contributed by atoms with E-state index in [9.17, 15) is 13.2 Å². The molecule has 1 aliphatic heterocycles. The van der Waals surface area contributed by atoms with Crippen LogP contribution in [0.15, 0.2) is 58.9 Å². The van der Waals surface area contributed by atoms with Crippen molar-refractivity contribution in [3.63, 3.8) is 0 Å². The topological polar surface area (TPSA) is 87.0 Å². The van der Waals surface area contributed by atoms with Crippen molar-refractivity contribution in [1.82, 2.24) is 4.57 Å². The molecule has 1 aromatic heterocycles. The highest BCUT2D eigenvalue weighted by molar-refractivity contribution is 7.90. The lowest BCUT2D eigenvalue weighted by Crippen LogP contribution is -2.17. The van der Waals surface area contributed by atoms with E-state index in [2.05, 4.69) is 11.6 Å². The Morgan fingerprint density at radius 3 is 2.66 bits per heavy atom. The number of carbonyl (C=O) groups is 1. The lowest BCUT2D eigenvalue weighted by molar-refractivity contribution is 0.0997. The Balaban J connectivity index is 1.84. The third-order valence-corrected chi connectivity index (χ3v) is 6.52. The molecule has 9 heteroatoms. The Morgan fingerprint density at radius 1 is 1.24 bits per heavy atom. The summed E-state index contributed by atoms with van der Waals surface area (Å²) in [6, 6.07) is 9.62. The van der Waals surface area contributed by atoms with Crippen LogP contribution in [0.1, 0.15) is 10.4 Å². The van der Waals surface area contributed by atoms with Crippen molar-refractivity contribution in [3.05, 3.63) is 59.4 Å². The van der Waals surface area contributed by atoms with Gasteiger partial charge in [0.2, 0.25) is 0 Å². The van der Waals surface area contributed by atoms with Crippen LogP contribution in [0.25, 0.3) is 10.2 Å². The monoisotopic (exact) mass is 430 g/mol. The first kappa shape index (κ1) is 19.4. The fourth-order valence-electron chi connectivity index (χ4n) is 3.01. The van der Waals surface area contributed by atoms with Gasteiger partial charge in [0, 0.05) is 30.5 Å². The predicted octanol–water partition coefficient (Wildman–Crippen LogP) is 2.80. The first-order valence-electron chi connectivity index (χ1n) is 8.80. The standard InChI is InChI=1S/C20H18N2O5S2/c1-3-7-22-15-11-16-17(27-9-8-26-16)12-18(15)28-20(22)21-19(23)13-5-4-6-14(10-13)29(2,24)25/h3-6,10-12H,1,7-9H2,2H3. The number of allylic oxidation sites excluding steroid dienone is 1. The zero-order valence-corrected chi connectivity index (χ0v) is 17.3. The van der Waals surface area contributed by atoms with Gasteiger partial charge >= 0.3 is 0 Å². The van der Waals surface area contributed by atoms with Crippen molar-refractivity contribution in [2.45, 2.75) is 11.4 Å². The van der Waals surface area contributed by atoms with Crippen LogP contribution in [0.2, 0.25) is 0 Å². The summed E-state index contributed by atoms with van der Waals surface area (Å²) in [7, 11) is -3.42. The van der Waals surface area contributed by atoms with Gasteiger partial charge in [-0.25, -0.2) is 8.42 Å². The number of hydrogen-bond acceptors (Lipinski definition) is 6. The largest absolute Gasteiger partial charge is 0.486 e. The van der Waals surface area contributed by atoms with E-state index in [1.165, 1.54) is 29.5 Å². The minimum Gasteiger partial charge on any atom is -0.486 e. The summed E-state index contributed by atoms with van der Waals surface area (Å²) in [5, 5.41) is 0. The molecule has 0 N–H and O–H groups in total. The molecule has 0 atom stereocenters. The van der Waals surface area contributed by atoms with Gasteiger partial charge in [-0.15, -0.1) is 6.58 Å². The first-order chi connectivity index (χ1) is 13.9. The number of carbonyl (C=O) groups excluding carboxylic acids is 1. The van der Waals surface area contributed by atoms with Crippen LogP contribution < -0.4 is 14.3 Å². The number of ether oxygens (including phenoxy) is 2. The molecule has 150 valence electrons. The summed E-state index contributed by atoms with van der Waals surface area (Å²) in [4.78, 5) is 17.6. The van der Waals surface area contributed by atoms with Gasteiger partial charge in [-0.3, -0.25) is 4.79 Å². The number of amides is 1. The van der Waals surface area contributed by atoms with Crippen LogP contribution in [0.5, 0.6) is 11.5 Å². The molecule has 2 heterocycles. The van der Waals surface area contributed by atoms with Crippen molar-refractivity contribution in [2.75, 3.05) is 19.5 Å². The molecule has 4 rings (SSSR count). The average Bonchev–Trinajstić information content (AvgIpc) is 3.02. The fourth-order valence-corrected chi connectivity index (χ4v) is 4.72. The number of sulfone groups is 1. The normalized spacial score (nSPS) is 14.2. The summed E-state index contributed by atoms with van der Waals surface area (Å²) >= 11 is 1.34. The number of fused-ring (bicyclic) bond motifs is 2. The van der Waals surface area contributed by atoms with E-state index in [4.69, 9.17) is 9.47 Å². The third kappa shape index (κ3) is 3.83. The van der Waals surface area contributed by atoms with Crippen molar-refractivity contribution >= 4 is 37.3 Å². The Labute approximate surface area is 171 Å². The van der Waals surface area contributed by atoms with Gasteiger partial charge in [0.15, 0.2) is 26.1 Å². The molecular weight excluding hydrogens is 412 g/mol. The summed E-state index contributed by atoms with van der Waals surface area (Å²) in [6.07, 6.45) is 2.82. The van der Waals surface area contributed by atoms with Crippen LogP contribution in [0.4, 0.5) is 0 Å². The van der Waals surface area contributed by atoms with Crippen molar-refractivity contribution in [3.8, 4) is 11.5 Å². The van der Waals surface area contributed by atoms with Crippen LogP contribution in [0.3, 0.4) is 0 Å². The minimum absolute atomic E-state index is 0.0795. The molecule has 1 amide bonds. The number of aromatic nitrogens is 1. The Hall–Kier alpha value is -2.91. The van der Waals surface area contributed by atoms with E-state index < -0.39 is 15.7 Å². The molecule has 0 fully saturated rings. The molecule has 0 spiro atoms. The zero-order chi connectivity index (χ0) is 20.6. The van der Waals surface area contributed by atoms with Gasteiger partial charge in [-0.2, -0.15) is 4.99 Å². The van der Waals surface area contributed by atoms with Gasteiger partial charge in [0.1, 0.15) is 13.2 Å². The Morgan fingerprint density at radius 2 is 1.97 bits per heavy atom. The maximum Gasteiger partial charge on any atom is 0.279 e. The Bertz CT molecular complexity index is 1300. The summed E-state index contributed by atoms with van der Waals surface area (Å²) in [5.41, 5.74) is 1.07. The molecule has 0 saturated carbocycles. The fraction of sp³-hybridized carbons (Fsp3) is 0.200. The SMILES string of the molecule is C=CCn1c(=NC(=O)c2cccc(S(C)(=O)=O)c2)sc2cc3c(cc21)OCCO3. The van der Waals surface area contributed by atoms with E-state index in [1.807, 2.05) is 16.7 Å². The molecule has 0 unspecified atom stereocenters. The highest BCUT2D eigenvalue weighted by Crippen LogP contribution is 2.35.